The van der Waals surface area contributed by atoms with Gasteiger partial charge >= 0.3 is 5.69 Å². The van der Waals surface area contributed by atoms with Gasteiger partial charge in [0.2, 0.25) is 0 Å². The number of hydrogen-bond acceptors (Lipinski definition) is 4. The average molecular weight is 560 g/mol. The Kier molecular flexibility index (Phi) is 21.0. The van der Waals surface area contributed by atoms with E-state index in [1.165, 1.54) is 87.7 Å². The second kappa shape index (κ2) is 21.6. The second-order valence-electron chi connectivity index (χ2n) is 11.8. The maximum atomic E-state index is 12.7. The Hall–Kier alpha value is -1.15. The van der Waals surface area contributed by atoms with Crippen LogP contribution in [-0.4, -0.2) is 65.2 Å². The molecular weight excluding hydrogens is 502 g/mol. The standard InChI is InChI=1S/C30H58N3O4.ClH/c1-6-7-8-9-10-11-12-13-14-15-16-17-18-20-28(27(2)34)37-26-19-22-31-23-21-29(35)32(30(31)36)24-25-33(3,4)5;/h21,23,27-28,34H,6-20,22,24-26H2,1-5H3;1H/q+1;/p-1. The summed E-state index contributed by atoms with van der Waals surface area (Å²) in [4.78, 5) is 24.9. The quantitative estimate of drug-likeness (QED) is 0.165. The zero-order valence-corrected chi connectivity index (χ0v) is 25.9. The van der Waals surface area contributed by atoms with Crippen LogP contribution in [-0.2, 0) is 17.8 Å². The lowest BCUT2D eigenvalue weighted by Gasteiger charge is -2.24. The molecule has 8 heteroatoms. The number of unbranched alkanes of at least 4 members (excludes halogenated alkanes) is 12. The van der Waals surface area contributed by atoms with E-state index in [2.05, 4.69) is 6.92 Å². The van der Waals surface area contributed by atoms with Gasteiger partial charge in [-0.1, -0.05) is 90.4 Å². The minimum atomic E-state index is -0.502. The van der Waals surface area contributed by atoms with Crippen molar-refractivity contribution in [1.82, 2.24) is 9.13 Å². The number of halogens is 1. The molecule has 1 aromatic heterocycles. The molecule has 0 aliphatic carbocycles. The molecule has 1 rings (SSSR count). The highest BCUT2D eigenvalue weighted by Gasteiger charge is 2.15. The topological polar surface area (TPSA) is 73.5 Å². The number of quaternary nitrogens is 1. The minimum Gasteiger partial charge on any atom is -1.00 e. The number of nitrogens with zero attached hydrogens (tertiary/aromatic N) is 3. The lowest BCUT2D eigenvalue weighted by molar-refractivity contribution is -0.871. The van der Waals surface area contributed by atoms with Crippen LogP contribution in [0.15, 0.2) is 21.9 Å². The molecule has 0 spiro atoms. The van der Waals surface area contributed by atoms with Crippen LogP contribution in [0.4, 0.5) is 0 Å². The van der Waals surface area contributed by atoms with Crippen LogP contribution in [0.3, 0.4) is 0 Å². The van der Waals surface area contributed by atoms with E-state index in [9.17, 15) is 14.7 Å². The molecule has 0 fully saturated rings. The second-order valence-corrected chi connectivity index (χ2v) is 11.8. The van der Waals surface area contributed by atoms with Crippen LogP contribution >= 0.6 is 0 Å². The van der Waals surface area contributed by atoms with E-state index >= 15 is 0 Å². The van der Waals surface area contributed by atoms with Gasteiger partial charge in [0.05, 0.1) is 46.4 Å². The number of aliphatic hydroxyl groups is 1. The molecule has 0 aromatic carbocycles. The van der Waals surface area contributed by atoms with Gasteiger partial charge in [-0.2, -0.15) is 0 Å². The van der Waals surface area contributed by atoms with E-state index in [0.29, 0.717) is 37.1 Å². The Bertz CT molecular complexity index is 817. The molecule has 0 amide bonds. The van der Waals surface area contributed by atoms with Gasteiger partial charge in [-0.3, -0.25) is 9.36 Å². The molecule has 1 N–H and O–H groups in total. The maximum Gasteiger partial charge on any atom is 0.331 e. The van der Waals surface area contributed by atoms with Crippen molar-refractivity contribution >= 4 is 0 Å². The largest absolute Gasteiger partial charge is 1.00 e. The summed E-state index contributed by atoms with van der Waals surface area (Å²) in [5.74, 6) is 0. The fourth-order valence-electron chi connectivity index (χ4n) is 4.63. The van der Waals surface area contributed by atoms with Crippen LogP contribution in [0.2, 0.25) is 0 Å². The molecule has 7 nitrogen and oxygen atoms in total. The lowest BCUT2D eigenvalue weighted by atomic mass is 10.0. The molecule has 0 radical (unpaired) electrons. The van der Waals surface area contributed by atoms with Gasteiger partial charge < -0.3 is 31.3 Å². The summed E-state index contributed by atoms with van der Waals surface area (Å²) in [7, 11) is 6.13. The summed E-state index contributed by atoms with van der Waals surface area (Å²) in [5, 5.41) is 10.1. The van der Waals surface area contributed by atoms with Crippen LogP contribution < -0.4 is 23.7 Å². The van der Waals surface area contributed by atoms with Crippen molar-refractivity contribution < 1.29 is 26.7 Å². The van der Waals surface area contributed by atoms with E-state index in [-0.39, 0.29) is 29.8 Å². The van der Waals surface area contributed by atoms with E-state index in [4.69, 9.17) is 4.74 Å². The van der Waals surface area contributed by atoms with Gasteiger partial charge in [-0.05, 0) is 19.8 Å². The fraction of sp³-hybridized carbons (Fsp3) is 0.867. The number of aryl methyl sites for hydroxylation is 1. The van der Waals surface area contributed by atoms with Crippen molar-refractivity contribution in [2.45, 2.75) is 135 Å². The minimum absolute atomic E-state index is 0. The Morgan fingerprint density at radius 1 is 0.842 bits per heavy atom. The monoisotopic (exact) mass is 559 g/mol. The molecule has 0 bridgehead atoms. The summed E-state index contributed by atoms with van der Waals surface area (Å²) in [6.45, 7) is 6.15. The van der Waals surface area contributed by atoms with Gasteiger partial charge in [-0.25, -0.2) is 4.79 Å². The molecule has 2 unspecified atom stereocenters. The molecule has 0 aliphatic heterocycles. The van der Waals surface area contributed by atoms with Crippen LogP contribution in [0.25, 0.3) is 0 Å². The van der Waals surface area contributed by atoms with Gasteiger partial charge in [0.25, 0.3) is 5.56 Å². The first-order valence-corrected chi connectivity index (χ1v) is 15.1. The van der Waals surface area contributed by atoms with Gasteiger partial charge in [0.15, 0.2) is 0 Å². The number of ether oxygens (including phenoxy) is 1. The van der Waals surface area contributed by atoms with Crippen molar-refractivity contribution in [3.63, 3.8) is 0 Å². The van der Waals surface area contributed by atoms with Crippen molar-refractivity contribution in [2.24, 2.45) is 0 Å². The molecule has 0 aliphatic rings. The third-order valence-corrected chi connectivity index (χ3v) is 7.14. The molecular formula is C30H58ClN3O4. The number of hydrogen-bond donors (Lipinski definition) is 1. The van der Waals surface area contributed by atoms with Crippen molar-refractivity contribution in [3.8, 4) is 0 Å². The molecule has 38 heavy (non-hydrogen) atoms. The van der Waals surface area contributed by atoms with Crippen LogP contribution in [0.1, 0.15) is 110 Å². The Morgan fingerprint density at radius 2 is 1.37 bits per heavy atom. The van der Waals surface area contributed by atoms with E-state index in [0.717, 1.165) is 12.8 Å². The summed E-state index contributed by atoms with van der Waals surface area (Å²) >= 11 is 0. The first kappa shape index (κ1) is 36.8. The molecule has 224 valence electrons. The molecule has 1 aromatic rings. The molecule has 1 heterocycles. The Balaban J connectivity index is 0.0000137. The summed E-state index contributed by atoms with van der Waals surface area (Å²) < 4.78 is 9.58. The summed E-state index contributed by atoms with van der Waals surface area (Å²) in [5.41, 5.74) is -0.516. The first-order chi connectivity index (χ1) is 17.7. The normalized spacial score (nSPS) is 13.3. The van der Waals surface area contributed by atoms with Crippen LogP contribution in [0.5, 0.6) is 0 Å². The lowest BCUT2D eigenvalue weighted by Crippen LogP contribution is -3.00. The highest BCUT2D eigenvalue weighted by atomic mass is 35.5. The van der Waals surface area contributed by atoms with E-state index < -0.39 is 6.10 Å². The number of rotatable bonds is 23. The molecule has 0 saturated heterocycles. The van der Waals surface area contributed by atoms with Crippen molar-refractivity contribution in [1.29, 1.82) is 0 Å². The fourth-order valence-corrected chi connectivity index (χ4v) is 4.63. The number of likely N-dealkylation sites (N-methyl/N-ethyl adjacent to an activating group) is 1. The average Bonchev–Trinajstić information content (AvgIpc) is 2.83. The zero-order valence-electron chi connectivity index (χ0n) is 25.1. The first-order valence-electron chi connectivity index (χ1n) is 15.1. The number of aromatic nitrogens is 2. The third kappa shape index (κ3) is 17.4. The predicted octanol–water partition coefficient (Wildman–Crippen LogP) is 2.36. The summed E-state index contributed by atoms with van der Waals surface area (Å²) in [6, 6.07) is 1.46. The molecule has 0 saturated carbocycles. The van der Waals surface area contributed by atoms with E-state index in [1.54, 1.807) is 17.7 Å². The highest BCUT2D eigenvalue weighted by molar-refractivity contribution is 4.86. The SMILES string of the molecule is CCCCCCCCCCCCCCCC(OCCCn1ccc(=O)n(CC[N+](C)(C)C)c1=O)C(C)O.[Cl-]. The smallest absolute Gasteiger partial charge is 0.331 e. The maximum absolute atomic E-state index is 12.7. The van der Waals surface area contributed by atoms with Crippen LogP contribution in [0, 0.1) is 0 Å². The predicted molar refractivity (Wildman–Crippen MR) is 154 cm³/mol. The van der Waals surface area contributed by atoms with Gasteiger partial charge in [0.1, 0.15) is 0 Å². The van der Waals surface area contributed by atoms with E-state index in [1.807, 2.05) is 21.1 Å². The third-order valence-electron chi connectivity index (χ3n) is 7.14. The van der Waals surface area contributed by atoms with Crippen molar-refractivity contribution in [3.05, 3.63) is 33.1 Å². The van der Waals surface area contributed by atoms with Gasteiger partial charge in [-0.15, -0.1) is 0 Å². The van der Waals surface area contributed by atoms with Crippen molar-refractivity contribution in [2.75, 3.05) is 34.3 Å². The highest BCUT2D eigenvalue weighted by Crippen LogP contribution is 2.15. The summed E-state index contributed by atoms with van der Waals surface area (Å²) in [6.07, 6.45) is 19.7. The van der Waals surface area contributed by atoms with Gasteiger partial charge in [0, 0.05) is 25.4 Å². The Labute approximate surface area is 238 Å². The molecule has 2 atom stereocenters. The Morgan fingerprint density at radius 3 is 1.87 bits per heavy atom. The number of aliphatic hydroxyl groups excluding tert-OH is 1. The zero-order chi connectivity index (χ0) is 27.5.